The lowest BCUT2D eigenvalue weighted by molar-refractivity contribution is 0.0442. The molecule has 0 radical (unpaired) electrons. The Morgan fingerprint density at radius 2 is 1.73 bits per heavy atom. The fraction of sp³-hybridized carbons (Fsp3) is 0.571. The predicted octanol–water partition coefficient (Wildman–Crippen LogP) is 4.11. The minimum Gasteiger partial charge on any atom is -0.444 e. The summed E-state index contributed by atoms with van der Waals surface area (Å²) < 4.78 is 18.1. The molecular formula is C21H32N4O5. The number of nitrogens with zero attached hydrogens (tertiary/aromatic N) is 2. The number of amides is 2. The van der Waals surface area contributed by atoms with E-state index in [1.807, 2.05) is 27.7 Å². The Bertz CT molecular complexity index is 880. The van der Waals surface area contributed by atoms with Gasteiger partial charge in [-0.1, -0.05) is 0 Å². The van der Waals surface area contributed by atoms with Crippen LogP contribution in [-0.4, -0.2) is 45.4 Å². The maximum atomic E-state index is 12.1. The molecule has 0 aromatic carbocycles. The normalized spacial score (nSPS) is 13.0. The van der Waals surface area contributed by atoms with Crippen molar-refractivity contribution >= 4 is 23.5 Å². The standard InChI is InChI=1S/C21H32N4O5/c1-14(23-18(26)29-20(2,3)4)12-28-13-15-10-16(11-25-9-8-22-17(15)25)24-19(27)30-21(5,6)7/h8-11,14H,12-13H2,1-7H3,(H,23,26)(H,24,27)/t14-/m1/s1. The number of ether oxygens (including phenoxy) is 3. The van der Waals surface area contributed by atoms with Crippen molar-refractivity contribution in [2.45, 2.75) is 72.3 Å². The van der Waals surface area contributed by atoms with Gasteiger partial charge in [-0.3, -0.25) is 5.32 Å². The Balaban J connectivity index is 1.97. The molecule has 2 rings (SSSR count). The molecule has 2 heterocycles. The molecule has 166 valence electrons. The third kappa shape index (κ3) is 7.90. The van der Waals surface area contributed by atoms with Crippen LogP contribution < -0.4 is 10.6 Å². The maximum absolute atomic E-state index is 12.1. The summed E-state index contributed by atoms with van der Waals surface area (Å²) in [6.07, 6.45) is 4.18. The lowest BCUT2D eigenvalue weighted by atomic mass is 10.2. The van der Waals surface area contributed by atoms with Crippen molar-refractivity contribution in [1.82, 2.24) is 14.7 Å². The van der Waals surface area contributed by atoms with Crippen LogP contribution in [0.1, 0.15) is 54.0 Å². The van der Waals surface area contributed by atoms with Crippen molar-refractivity contribution in [3.63, 3.8) is 0 Å². The van der Waals surface area contributed by atoms with E-state index >= 15 is 0 Å². The molecule has 0 bridgehead atoms. The minimum atomic E-state index is -0.591. The number of fused-ring (bicyclic) bond motifs is 1. The molecule has 30 heavy (non-hydrogen) atoms. The molecule has 0 saturated heterocycles. The zero-order chi connectivity index (χ0) is 22.5. The molecule has 2 amide bonds. The Morgan fingerprint density at radius 1 is 1.10 bits per heavy atom. The average Bonchev–Trinajstić information content (AvgIpc) is 2.99. The van der Waals surface area contributed by atoms with Crippen LogP contribution in [0, 0.1) is 0 Å². The molecule has 9 heteroatoms. The summed E-state index contributed by atoms with van der Waals surface area (Å²) in [6.45, 7) is 13.2. The van der Waals surface area contributed by atoms with Crippen LogP contribution in [0.2, 0.25) is 0 Å². The summed E-state index contributed by atoms with van der Waals surface area (Å²) in [5.74, 6) is 0. The number of hydrogen-bond acceptors (Lipinski definition) is 6. The Hall–Kier alpha value is -2.81. The van der Waals surface area contributed by atoms with E-state index in [0.717, 1.165) is 11.2 Å². The van der Waals surface area contributed by atoms with Crippen LogP contribution in [0.3, 0.4) is 0 Å². The summed E-state index contributed by atoms with van der Waals surface area (Å²) in [7, 11) is 0. The van der Waals surface area contributed by atoms with Crippen molar-refractivity contribution in [1.29, 1.82) is 0 Å². The maximum Gasteiger partial charge on any atom is 0.412 e. The smallest absolute Gasteiger partial charge is 0.412 e. The summed E-state index contributed by atoms with van der Waals surface area (Å²) in [5.41, 5.74) is 0.925. The summed E-state index contributed by atoms with van der Waals surface area (Å²) in [4.78, 5) is 28.2. The average molecular weight is 421 g/mol. The topological polar surface area (TPSA) is 103 Å². The highest BCUT2D eigenvalue weighted by atomic mass is 16.6. The molecule has 1 atom stereocenters. The number of nitrogens with one attached hydrogen (secondary N) is 2. The Kier molecular flexibility index (Phi) is 7.30. The molecule has 2 N–H and O–H groups in total. The molecule has 0 aliphatic carbocycles. The summed E-state index contributed by atoms with van der Waals surface area (Å²) >= 11 is 0. The lowest BCUT2D eigenvalue weighted by Gasteiger charge is -2.22. The monoisotopic (exact) mass is 420 g/mol. The molecule has 0 spiro atoms. The zero-order valence-electron chi connectivity index (χ0n) is 18.7. The van der Waals surface area contributed by atoms with E-state index in [9.17, 15) is 9.59 Å². The molecule has 9 nitrogen and oxygen atoms in total. The molecule has 0 saturated carbocycles. The van der Waals surface area contributed by atoms with Gasteiger partial charge in [0.1, 0.15) is 16.8 Å². The van der Waals surface area contributed by atoms with Crippen molar-refractivity contribution < 1.29 is 23.8 Å². The number of anilines is 1. The van der Waals surface area contributed by atoms with Crippen LogP contribution in [0.15, 0.2) is 24.7 Å². The molecule has 0 aliphatic rings. The SMILES string of the molecule is C[C@H](COCc1cc(NC(=O)OC(C)(C)C)cn2ccnc12)NC(=O)OC(C)(C)C. The van der Waals surface area contributed by atoms with Crippen molar-refractivity contribution in [2.24, 2.45) is 0 Å². The third-order valence-electron chi connectivity index (χ3n) is 3.60. The van der Waals surface area contributed by atoms with Gasteiger partial charge in [0.25, 0.3) is 0 Å². The highest BCUT2D eigenvalue weighted by Gasteiger charge is 2.19. The molecule has 2 aromatic heterocycles. The Labute approximate surface area is 177 Å². The van der Waals surface area contributed by atoms with Gasteiger partial charge in [-0.2, -0.15) is 0 Å². The number of hydrogen-bond donors (Lipinski definition) is 2. The second kappa shape index (κ2) is 9.34. The number of aromatic nitrogens is 2. The second-order valence-electron chi connectivity index (χ2n) is 9.10. The summed E-state index contributed by atoms with van der Waals surface area (Å²) in [6, 6.07) is 1.55. The van der Waals surface area contributed by atoms with Gasteiger partial charge in [-0.05, 0) is 54.5 Å². The van der Waals surface area contributed by atoms with Gasteiger partial charge in [-0.15, -0.1) is 0 Å². The van der Waals surface area contributed by atoms with Crippen LogP contribution >= 0.6 is 0 Å². The van der Waals surface area contributed by atoms with Gasteiger partial charge in [0, 0.05) is 24.2 Å². The molecule has 0 unspecified atom stereocenters. The van der Waals surface area contributed by atoms with E-state index in [1.165, 1.54) is 0 Å². The van der Waals surface area contributed by atoms with Crippen LogP contribution in [0.4, 0.5) is 15.3 Å². The second-order valence-corrected chi connectivity index (χ2v) is 9.10. The minimum absolute atomic E-state index is 0.237. The highest BCUT2D eigenvalue weighted by Crippen LogP contribution is 2.18. The number of pyridine rings is 1. The van der Waals surface area contributed by atoms with E-state index in [1.54, 1.807) is 49.8 Å². The first-order valence-corrected chi connectivity index (χ1v) is 9.85. The number of imidazole rings is 1. The zero-order valence-corrected chi connectivity index (χ0v) is 18.7. The fourth-order valence-electron chi connectivity index (χ4n) is 2.60. The number of carbonyl (C=O) groups excluding carboxylic acids is 2. The molecule has 0 fully saturated rings. The molecule has 2 aromatic rings. The van der Waals surface area contributed by atoms with Crippen LogP contribution in [0.25, 0.3) is 5.65 Å². The van der Waals surface area contributed by atoms with Crippen molar-refractivity contribution in [2.75, 3.05) is 11.9 Å². The fourth-order valence-corrected chi connectivity index (χ4v) is 2.60. The van der Waals surface area contributed by atoms with Gasteiger partial charge in [0.05, 0.1) is 24.9 Å². The molecular weight excluding hydrogens is 388 g/mol. The van der Waals surface area contributed by atoms with E-state index in [4.69, 9.17) is 14.2 Å². The Morgan fingerprint density at radius 3 is 2.37 bits per heavy atom. The lowest BCUT2D eigenvalue weighted by Crippen LogP contribution is -2.39. The van der Waals surface area contributed by atoms with Gasteiger partial charge < -0.3 is 23.9 Å². The van der Waals surface area contributed by atoms with Gasteiger partial charge >= 0.3 is 12.2 Å². The number of alkyl carbamates (subject to hydrolysis) is 1. The van der Waals surface area contributed by atoms with Crippen LogP contribution in [0.5, 0.6) is 0 Å². The first kappa shape index (κ1) is 23.5. The van der Waals surface area contributed by atoms with Gasteiger partial charge in [0.2, 0.25) is 0 Å². The molecule has 0 aliphatic heterocycles. The number of rotatable bonds is 6. The van der Waals surface area contributed by atoms with E-state index < -0.39 is 23.4 Å². The first-order chi connectivity index (χ1) is 13.8. The number of carbonyl (C=O) groups is 2. The third-order valence-corrected chi connectivity index (χ3v) is 3.60. The first-order valence-electron chi connectivity index (χ1n) is 9.85. The largest absolute Gasteiger partial charge is 0.444 e. The van der Waals surface area contributed by atoms with E-state index in [-0.39, 0.29) is 19.3 Å². The van der Waals surface area contributed by atoms with E-state index in [2.05, 4.69) is 15.6 Å². The predicted molar refractivity (Wildman–Crippen MR) is 114 cm³/mol. The van der Waals surface area contributed by atoms with Crippen molar-refractivity contribution in [3.05, 3.63) is 30.2 Å². The van der Waals surface area contributed by atoms with Gasteiger partial charge in [0.15, 0.2) is 0 Å². The quantitative estimate of drug-likeness (QED) is 0.729. The van der Waals surface area contributed by atoms with Crippen molar-refractivity contribution in [3.8, 4) is 0 Å². The van der Waals surface area contributed by atoms with E-state index in [0.29, 0.717) is 5.69 Å². The van der Waals surface area contributed by atoms with Gasteiger partial charge in [-0.25, -0.2) is 14.6 Å². The summed E-state index contributed by atoms with van der Waals surface area (Å²) in [5, 5.41) is 5.46. The van der Waals surface area contributed by atoms with Crippen LogP contribution in [-0.2, 0) is 20.8 Å². The highest BCUT2D eigenvalue weighted by molar-refractivity contribution is 5.85.